The maximum Gasteiger partial charge on any atom is 0.242 e. The lowest BCUT2D eigenvalue weighted by Crippen LogP contribution is -2.56. The molecule has 0 bridgehead atoms. The molecule has 7 heteroatoms. The molecule has 6 nitrogen and oxygen atoms in total. The Morgan fingerprint density at radius 2 is 1.87 bits per heavy atom. The number of rotatable bonds is 2. The summed E-state index contributed by atoms with van der Waals surface area (Å²) in [7, 11) is 0. The van der Waals surface area contributed by atoms with Crippen molar-refractivity contribution in [1.29, 1.82) is 0 Å². The number of aromatic nitrogens is 2. The van der Waals surface area contributed by atoms with Crippen LogP contribution in [-0.4, -0.2) is 52.7 Å². The van der Waals surface area contributed by atoms with Crippen LogP contribution in [0.3, 0.4) is 0 Å². The minimum Gasteiger partial charge on any atom is -0.353 e. The number of nitrogens with zero attached hydrogens (tertiary/aromatic N) is 4. The van der Waals surface area contributed by atoms with Gasteiger partial charge in [-0.1, -0.05) is 19.3 Å². The molecular formula is C16H26ClN5O. The molecule has 2 fully saturated rings. The Labute approximate surface area is 143 Å². The van der Waals surface area contributed by atoms with E-state index in [1.807, 2.05) is 17.0 Å². The monoisotopic (exact) mass is 339 g/mol. The van der Waals surface area contributed by atoms with Crippen LogP contribution in [-0.2, 0) is 4.79 Å². The predicted octanol–water partition coefficient (Wildman–Crippen LogP) is 1.60. The third-order valence-electron chi connectivity index (χ3n) is 4.84. The number of carbonyl (C=O) groups is 1. The van der Waals surface area contributed by atoms with Gasteiger partial charge < -0.3 is 15.5 Å². The molecule has 1 aliphatic carbocycles. The maximum atomic E-state index is 12.8. The molecule has 0 radical (unpaired) electrons. The normalized spacial score (nSPS) is 21.3. The van der Waals surface area contributed by atoms with E-state index in [2.05, 4.69) is 15.1 Å². The van der Waals surface area contributed by atoms with E-state index in [0.29, 0.717) is 6.54 Å². The van der Waals surface area contributed by atoms with Crippen molar-refractivity contribution in [2.24, 2.45) is 5.73 Å². The summed E-state index contributed by atoms with van der Waals surface area (Å²) >= 11 is 0. The van der Waals surface area contributed by atoms with Gasteiger partial charge in [0.25, 0.3) is 0 Å². The van der Waals surface area contributed by atoms with Gasteiger partial charge in [0.05, 0.1) is 5.54 Å². The first kappa shape index (κ1) is 17.9. The maximum absolute atomic E-state index is 12.8. The van der Waals surface area contributed by atoms with Gasteiger partial charge in [-0.15, -0.1) is 17.5 Å². The van der Waals surface area contributed by atoms with E-state index in [4.69, 9.17) is 5.73 Å². The molecule has 23 heavy (non-hydrogen) atoms. The van der Waals surface area contributed by atoms with E-state index in [1.165, 1.54) is 6.42 Å². The summed E-state index contributed by atoms with van der Waals surface area (Å²) in [6, 6.07) is 3.86. The highest BCUT2D eigenvalue weighted by Gasteiger charge is 2.38. The van der Waals surface area contributed by atoms with Gasteiger partial charge in [0.1, 0.15) is 0 Å². The van der Waals surface area contributed by atoms with E-state index in [-0.39, 0.29) is 18.3 Å². The molecule has 2 heterocycles. The number of carbonyl (C=O) groups excluding carboxylic acids is 1. The van der Waals surface area contributed by atoms with Gasteiger partial charge in [0, 0.05) is 32.4 Å². The third kappa shape index (κ3) is 4.12. The van der Waals surface area contributed by atoms with Gasteiger partial charge in [-0.25, -0.2) is 0 Å². The van der Waals surface area contributed by atoms with E-state index in [9.17, 15) is 4.79 Å². The number of anilines is 1. The van der Waals surface area contributed by atoms with Gasteiger partial charge in [-0.3, -0.25) is 4.79 Å². The van der Waals surface area contributed by atoms with Gasteiger partial charge >= 0.3 is 0 Å². The molecule has 0 spiro atoms. The van der Waals surface area contributed by atoms with Crippen LogP contribution in [0.5, 0.6) is 0 Å². The Bertz CT molecular complexity index is 506. The van der Waals surface area contributed by atoms with E-state index >= 15 is 0 Å². The average Bonchev–Trinajstić information content (AvgIpc) is 2.82. The Balaban J connectivity index is 0.00000192. The van der Waals surface area contributed by atoms with Gasteiger partial charge in [-0.05, 0) is 31.4 Å². The number of hydrogen-bond acceptors (Lipinski definition) is 5. The van der Waals surface area contributed by atoms with Gasteiger partial charge in [0.15, 0.2) is 5.82 Å². The first-order chi connectivity index (χ1) is 10.7. The van der Waals surface area contributed by atoms with Crippen LogP contribution in [0.25, 0.3) is 0 Å². The molecule has 2 N–H and O–H groups in total. The minimum atomic E-state index is -0.625. The predicted molar refractivity (Wildman–Crippen MR) is 92.7 cm³/mol. The van der Waals surface area contributed by atoms with Crippen LogP contribution >= 0.6 is 12.4 Å². The molecule has 128 valence electrons. The first-order valence-electron chi connectivity index (χ1n) is 8.30. The van der Waals surface area contributed by atoms with Crippen molar-refractivity contribution in [2.45, 2.75) is 44.1 Å². The second-order valence-electron chi connectivity index (χ2n) is 6.43. The van der Waals surface area contributed by atoms with Crippen LogP contribution in [0.1, 0.15) is 38.5 Å². The highest BCUT2D eigenvalue weighted by Crippen LogP contribution is 2.28. The molecule has 3 rings (SSSR count). The van der Waals surface area contributed by atoms with Crippen molar-refractivity contribution in [3.8, 4) is 0 Å². The molecule has 0 unspecified atom stereocenters. The van der Waals surface area contributed by atoms with Crippen molar-refractivity contribution >= 4 is 24.1 Å². The summed E-state index contributed by atoms with van der Waals surface area (Å²) < 4.78 is 0. The largest absolute Gasteiger partial charge is 0.353 e. The lowest BCUT2D eigenvalue weighted by molar-refractivity contribution is -0.138. The van der Waals surface area contributed by atoms with Crippen molar-refractivity contribution in [2.75, 3.05) is 31.1 Å². The second-order valence-corrected chi connectivity index (χ2v) is 6.43. The van der Waals surface area contributed by atoms with Crippen molar-refractivity contribution in [1.82, 2.24) is 15.1 Å². The quantitative estimate of drug-likeness (QED) is 0.885. The standard InChI is InChI=1S/C16H25N5O.ClH/c17-16(7-2-1-3-8-16)15(22)21-11-5-10-20(12-13-21)14-6-4-9-18-19-14;/h4,6,9H,1-3,5,7-8,10-13,17H2;1H. The molecule has 1 amide bonds. The molecule has 0 aromatic carbocycles. The summed E-state index contributed by atoms with van der Waals surface area (Å²) in [5.74, 6) is 1.03. The van der Waals surface area contributed by atoms with Crippen molar-refractivity contribution < 1.29 is 4.79 Å². The van der Waals surface area contributed by atoms with Gasteiger partial charge in [0.2, 0.25) is 5.91 Å². The second kappa shape index (κ2) is 7.93. The Morgan fingerprint density at radius 3 is 2.57 bits per heavy atom. The smallest absolute Gasteiger partial charge is 0.242 e. The number of amides is 1. The average molecular weight is 340 g/mol. The summed E-state index contributed by atoms with van der Waals surface area (Å²) in [5, 5.41) is 8.10. The van der Waals surface area contributed by atoms with Crippen LogP contribution < -0.4 is 10.6 Å². The fourth-order valence-electron chi connectivity index (χ4n) is 3.52. The van der Waals surface area contributed by atoms with E-state index < -0.39 is 5.54 Å². The lowest BCUT2D eigenvalue weighted by Gasteiger charge is -2.36. The third-order valence-corrected chi connectivity index (χ3v) is 4.84. The molecular weight excluding hydrogens is 314 g/mol. The highest BCUT2D eigenvalue weighted by atomic mass is 35.5. The van der Waals surface area contributed by atoms with Crippen LogP contribution in [0.4, 0.5) is 5.82 Å². The van der Waals surface area contributed by atoms with Crippen LogP contribution in [0.2, 0.25) is 0 Å². The molecule has 2 aliphatic rings. The minimum absolute atomic E-state index is 0. The molecule has 1 aromatic heterocycles. The molecule has 0 atom stereocenters. The van der Waals surface area contributed by atoms with Crippen LogP contribution in [0.15, 0.2) is 18.3 Å². The summed E-state index contributed by atoms with van der Waals surface area (Å²) in [5.41, 5.74) is 5.78. The molecule has 1 aromatic rings. The first-order valence-corrected chi connectivity index (χ1v) is 8.30. The number of hydrogen-bond donors (Lipinski definition) is 1. The SMILES string of the molecule is Cl.NC1(C(=O)N2CCCN(c3cccnn3)CC2)CCCCC1. The number of halogens is 1. The highest BCUT2D eigenvalue weighted by molar-refractivity contribution is 5.86. The van der Waals surface area contributed by atoms with E-state index in [0.717, 1.165) is 57.6 Å². The summed E-state index contributed by atoms with van der Waals surface area (Å²) in [4.78, 5) is 17.0. The Morgan fingerprint density at radius 1 is 1.09 bits per heavy atom. The zero-order chi connectivity index (χ0) is 15.4. The molecule has 1 aliphatic heterocycles. The van der Waals surface area contributed by atoms with Crippen molar-refractivity contribution in [3.63, 3.8) is 0 Å². The van der Waals surface area contributed by atoms with E-state index in [1.54, 1.807) is 6.20 Å². The fourth-order valence-corrected chi connectivity index (χ4v) is 3.52. The fraction of sp³-hybridized carbons (Fsp3) is 0.688. The lowest BCUT2D eigenvalue weighted by atomic mass is 9.81. The van der Waals surface area contributed by atoms with Crippen molar-refractivity contribution in [3.05, 3.63) is 18.3 Å². The zero-order valence-corrected chi connectivity index (χ0v) is 14.3. The topological polar surface area (TPSA) is 75.4 Å². The Kier molecular flexibility index (Phi) is 6.18. The summed E-state index contributed by atoms with van der Waals surface area (Å²) in [6.07, 6.45) is 7.62. The van der Waals surface area contributed by atoms with Gasteiger partial charge in [-0.2, -0.15) is 5.10 Å². The molecule has 1 saturated carbocycles. The number of nitrogens with two attached hydrogens (primary N) is 1. The zero-order valence-electron chi connectivity index (χ0n) is 13.5. The summed E-state index contributed by atoms with van der Waals surface area (Å²) in [6.45, 7) is 3.20. The van der Waals surface area contributed by atoms with Crippen LogP contribution in [0, 0.1) is 0 Å². The molecule has 1 saturated heterocycles. The Hall–Kier alpha value is -1.40.